The minimum absolute atomic E-state index is 0.127. The van der Waals surface area contributed by atoms with Crippen LogP contribution >= 0.6 is 11.3 Å². The normalized spacial score (nSPS) is 14.3. The van der Waals surface area contributed by atoms with E-state index in [2.05, 4.69) is 24.1 Å². The van der Waals surface area contributed by atoms with Crippen molar-refractivity contribution >= 4 is 28.2 Å². The molecule has 0 fully saturated rings. The highest BCUT2D eigenvalue weighted by atomic mass is 32.1. The molecule has 0 saturated heterocycles. The Morgan fingerprint density at radius 3 is 2.77 bits per heavy atom. The highest BCUT2D eigenvalue weighted by Gasteiger charge is 2.28. The number of amides is 2. The highest BCUT2D eigenvalue weighted by Crippen LogP contribution is 2.37. The number of nitrogens with zero attached hydrogens (tertiary/aromatic N) is 1. The van der Waals surface area contributed by atoms with Crippen molar-refractivity contribution in [1.82, 2.24) is 4.90 Å². The third-order valence-corrected chi connectivity index (χ3v) is 5.90. The van der Waals surface area contributed by atoms with Gasteiger partial charge in [0.2, 0.25) is 5.91 Å². The average molecular weight is 372 g/mol. The monoisotopic (exact) mass is 371 g/mol. The van der Waals surface area contributed by atoms with Crippen LogP contribution in [0.4, 0.5) is 5.00 Å². The fourth-order valence-electron chi connectivity index (χ4n) is 3.39. The number of hydrogen-bond donors (Lipinski definition) is 2. The van der Waals surface area contributed by atoms with Crippen LogP contribution in [-0.4, -0.2) is 29.3 Å². The number of aryl methyl sites for hydroxylation is 1. The Hall–Kier alpha value is -2.18. The van der Waals surface area contributed by atoms with Crippen molar-refractivity contribution in [2.45, 2.75) is 46.2 Å². The van der Waals surface area contributed by atoms with Crippen LogP contribution in [0.1, 0.15) is 45.8 Å². The first-order valence-electron chi connectivity index (χ1n) is 8.89. The van der Waals surface area contributed by atoms with Crippen LogP contribution in [0, 0.1) is 6.92 Å². The highest BCUT2D eigenvalue weighted by molar-refractivity contribution is 7.17. The SMILES string of the molecule is Cc1cccc(CC(=O)Nc2sc3c(c2C(N)=O)CCN(C(C)C)C3)c1. The standard InChI is InChI=1S/C20H25N3O2S/c1-12(2)23-8-7-15-16(11-23)26-20(18(15)19(21)25)22-17(24)10-14-6-4-5-13(3)9-14/h4-6,9,12H,7-8,10-11H2,1-3H3,(H2,21,25)(H,22,24). The first kappa shape index (κ1) is 18.6. The lowest BCUT2D eigenvalue weighted by Crippen LogP contribution is -2.35. The molecule has 0 unspecified atom stereocenters. The number of carbonyl (C=O) groups is 2. The second kappa shape index (κ2) is 7.60. The number of hydrogen-bond acceptors (Lipinski definition) is 4. The van der Waals surface area contributed by atoms with E-state index < -0.39 is 5.91 Å². The average Bonchev–Trinajstić information content (AvgIpc) is 2.91. The number of carbonyl (C=O) groups excluding carboxylic acids is 2. The molecule has 138 valence electrons. The lowest BCUT2D eigenvalue weighted by atomic mass is 10.0. The molecule has 0 bridgehead atoms. The summed E-state index contributed by atoms with van der Waals surface area (Å²) in [5.41, 5.74) is 9.20. The number of fused-ring (bicyclic) bond motifs is 1. The third-order valence-electron chi connectivity index (χ3n) is 4.76. The summed E-state index contributed by atoms with van der Waals surface area (Å²) in [6.45, 7) is 8.03. The van der Waals surface area contributed by atoms with Gasteiger partial charge in [0.25, 0.3) is 5.91 Å². The zero-order valence-corrected chi connectivity index (χ0v) is 16.3. The second-order valence-corrected chi connectivity index (χ2v) is 8.21. The van der Waals surface area contributed by atoms with Crippen molar-refractivity contribution in [1.29, 1.82) is 0 Å². The van der Waals surface area contributed by atoms with Crippen molar-refractivity contribution in [3.8, 4) is 0 Å². The summed E-state index contributed by atoms with van der Waals surface area (Å²) in [6, 6.07) is 8.31. The predicted molar refractivity (Wildman–Crippen MR) is 106 cm³/mol. The first-order chi connectivity index (χ1) is 12.3. The van der Waals surface area contributed by atoms with Crippen molar-refractivity contribution in [3.63, 3.8) is 0 Å². The van der Waals surface area contributed by atoms with Crippen LogP contribution in [0.3, 0.4) is 0 Å². The Labute approximate surface area is 158 Å². The Bertz CT molecular complexity index is 842. The maximum absolute atomic E-state index is 12.5. The third kappa shape index (κ3) is 3.97. The molecule has 5 nitrogen and oxygen atoms in total. The van der Waals surface area contributed by atoms with Gasteiger partial charge in [0.15, 0.2) is 0 Å². The quantitative estimate of drug-likeness (QED) is 0.848. The fraction of sp³-hybridized carbons (Fsp3) is 0.400. The summed E-state index contributed by atoms with van der Waals surface area (Å²) in [4.78, 5) is 28.0. The summed E-state index contributed by atoms with van der Waals surface area (Å²) >= 11 is 1.48. The largest absolute Gasteiger partial charge is 0.365 e. The van der Waals surface area contributed by atoms with Gasteiger partial charge in [-0.1, -0.05) is 29.8 Å². The molecular formula is C20H25N3O2S. The van der Waals surface area contributed by atoms with Crippen LogP contribution in [0.2, 0.25) is 0 Å². The van der Waals surface area contributed by atoms with Crippen LogP contribution < -0.4 is 11.1 Å². The molecule has 2 heterocycles. The molecule has 2 aromatic rings. The molecule has 1 aromatic carbocycles. The number of nitrogens with two attached hydrogens (primary N) is 1. The molecule has 3 rings (SSSR count). The van der Waals surface area contributed by atoms with Gasteiger partial charge in [-0.05, 0) is 38.3 Å². The summed E-state index contributed by atoms with van der Waals surface area (Å²) in [7, 11) is 0. The van der Waals surface area contributed by atoms with Gasteiger partial charge < -0.3 is 11.1 Å². The van der Waals surface area contributed by atoms with Crippen LogP contribution in [0.15, 0.2) is 24.3 Å². The Kier molecular flexibility index (Phi) is 5.44. The van der Waals surface area contributed by atoms with E-state index in [1.165, 1.54) is 11.3 Å². The van der Waals surface area contributed by atoms with Gasteiger partial charge in [-0.3, -0.25) is 14.5 Å². The lowest BCUT2D eigenvalue weighted by Gasteiger charge is -2.30. The summed E-state index contributed by atoms with van der Waals surface area (Å²) in [6.07, 6.45) is 1.07. The van der Waals surface area contributed by atoms with E-state index in [-0.39, 0.29) is 12.3 Å². The Balaban J connectivity index is 1.81. The number of benzene rings is 1. The molecule has 1 aliphatic rings. The number of primary amides is 1. The van der Waals surface area contributed by atoms with E-state index in [0.29, 0.717) is 16.6 Å². The Morgan fingerprint density at radius 2 is 2.12 bits per heavy atom. The number of thiophene rings is 1. The maximum Gasteiger partial charge on any atom is 0.251 e. The van der Waals surface area contributed by atoms with Gasteiger partial charge >= 0.3 is 0 Å². The van der Waals surface area contributed by atoms with Gasteiger partial charge in [0.05, 0.1) is 12.0 Å². The zero-order valence-electron chi connectivity index (χ0n) is 15.5. The summed E-state index contributed by atoms with van der Waals surface area (Å²) in [5, 5.41) is 3.51. The van der Waals surface area contributed by atoms with E-state index in [1.54, 1.807) is 0 Å². The molecule has 3 N–H and O–H groups in total. The van der Waals surface area contributed by atoms with E-state index in [9.17, 15) is 9.59 Å². The van der Waals surface area contributed by atoms with E-state index in [4.69, 9.17) is 5.73 Å². The van der Waals surface area contributed by atoms with E-state index >= 15 is 0 Å². The van der Waals surface area contributed by atoms with Gasteiger partial charge in [0.1, 0.15) is 5.00 Å². The lowest BCUT2D eigenvalue weighted by molar-refractivity contribution is -0.115. The molecule has 1 aliphatic heterocycles. The predicted octanol–water partition coefficient (Wildman–Crippen LogP) is 3.10. The van der Waals surface area contributed by atoms with Crippen molar-refractivity contribution in [2.75, 3.05) is 11.9 Å². The van der Waals surface area contributed by atoms with Crippen LogP contribution in [0.5, 0.6) is 0 Å². The van der Waals surface area contributed by atoms with Crippen molar-refractivity contribution < 1.29 is 9.59 Å². The number of anilines is 1. The molecule has 0 atom stereocenters. The molecule has 6 heteroatoms. The van der Waals surface area contributed by atoms with Crippen molar-refractivity contribution in [2.24, 2.45) is 5.73 Å². The van der Waals surface area contributed by atoms with Gasteiger partial charge in [0, 0.05) is 24.0 Å². The minimum atomic E-state index is -0.466. The van der Waals surface area contributed by atoms with Gasteiger partial charge in [-0.25, -0.2) is 0 Å². The van der Waals surface area contributed by atoms with Gasteiger partial charge in [-0.2, -0.15) is 0 Å². The molecule has 26 heavy (non-hydrogen) atoms. The van der Waals surface area contributed by atoms with E-state index in [0.717, 1.165) is 41.1 Å². The molecule has 2 amide bonds. The zero-order chi connectivity index (χ0) is 18.8. The Morgan fingerprint density at radius 1 is 1.35 bits per heavy atom. The van der Waals surface area contributed by atoms with E-state index in [1.807, 2.05) is 31.2 Å². The minimum Gasteiger partial charge on any atom is -0.365 e. The van der Waals surface area contributed by atoms with Crippen LogP contribution in [0.25, 0.3) is 0 Å². The molecule has 0 saturated carbocycles. The molecule has 0 aliphatic carbocycles. The second-order valence-electron chi connectivity index (χ2n) is 7.10. The fourth-order valence-corrected chi connectivity index (χ4v) is 4.69. The number of nitrogens with one attached hydrogen (secondary N) is 1. The van der Waals surface area contributed by atoms with Crippen molar-refractivity contribution in [3.05, 3.63) is 51.4 Å². The maximum atomic E-state index is 12.5. The molecule has 0 spiro atoms. The molecular weight excluding hydrogens is 346 g/mol. The first-order valence-corrected chi connectivity index (χ1v) is 9.70. The molecule has 1 aromatic heterocycles. The molecule has 0 radical (unpaired) electrons. The summed E-state index contributed by atoms with van der Waals surface area (Å²) in [5.74, 6) is -0.594. The van der Waals surface area contributed by atoms with Gasteiger partial charge in [-0.15, -0.1) is 11.3 Å². The smallest absolute Gasteiger partial charge is 0.251 e. The number of rotatable bonds is 5. The van der Waals surface area contributed by atoms with Crippen LogP contribution in [-0.2, 0) is 24.2 Å². The topological polar surface area (TPSA) is 75.4 Å². The summed E-state index contributed by atoms with van der Waals surface area (Å²) < 4.78 is 0.